The van der Waals surface area contributed by atoms with Crippen LogP contribution < -0.4 is 9.80 Å². The number of ketones is 2. The average Bonchev–Trinajstić information content (AvgIpc) is 3.06. The highest BCUT2D eigenvalue weighted by Crippen LogP contribution is 2.44. The Bertz CT molecular complexity index is 1680. The number of fused-ring (bicyclic) bond motifs is 2. The molecule has 0 aromatic heterocycles. The second-order valence-electron chi connectivity index (χ2n) is 10.1. The maximum atomic E-state index is 14.5. The lowest BCUT2D eigenvalue weighted by atomic mass is 9.81. The Morgan fingerprint density at radius 3 is 0.881 bits per heavy atom. The third-order valence-corrected chi connectivity index (χ3v) is 7.57. The molecule has 6 aromatic carbocycles. The molecule has 1 aliphatic carbocycles. The van der Waals surface area contributed by atoms with Gasteiger partial charge in [0, 0.05) is 33.9 Å². The molecule has 0 amide bonds. The van der Waals surface area contributed by atoms with Crippen LogP contribution in [0.3, 0.4) is 0 Å². The lowest BCUT2D eigenvalue weighted by Crippen LogP contribution is -2.26. The van der Waals surface area contributed by atoms with E-state index < -0.39 is 0 Å². The number of anilines is 6. The largest absolute Gasteiger partial charge is 0.310 e. The van der Waals surface area contributed by atoms with Crippen LogP contribution >= 0.6 is 0 Å². The van der Waals surface area contributed by atoms with Crippen molar-refractivity contribution >= 4 is 45.7 Å². The smallest absolute Gasteiger partial charge is 0.196 e. The summed E-state index contributed by atoms with van der Waals surface area (Å²) in [6.45, 7) is 0. The second-order valence-corrected chi connectivity index (χ2v) is 10.1. The Kier molecular flexibility index (Phi) is 6.42. The molecule has 0 atom stereocenters. The van der Waals surface area contributed by atoms with E-state index in [9.17, 15) is 9.59 Å². The molecule has 0 spiro atoms. The molecule has 200 valence electrons. The molecule has 4 heteroatoms. The van der Waals surface area contributed by atoms with E-state index in [1.165, 1.54) is 0 Å². The van der Waals surface area contributed by atoms with Crippen molar-refractivity contribution in [1.82, 2.24) is 0 Å². The van der Waals surface area contributed by atoms with Gasteiger partial charge >= 0.3 is 0 Å². The van der Waals surface area contributed by atoms with Gasteiger partial charge in [0.05, 0.1) is 22.5 Å². The van der Waals surface area contributed by atoms with E-state index >= 15 is 0 Å². The highest BCUT2D eigenvalue weighted by molar-refractivity contribution is 6.32. The van der Waals surface area contributed by atoms with Crippen LogP contribution in [-0.2, 0) is 0 Å². The summed E-state index contributed by atoms with van der Waals surface area (Å²) in [5, 5.41) is 0. The molecule has 0 N–H and O–H groups in total. The van der Waals surface area contributed by atoms with E-state index in [4.69, 9.17) is 0 Å². The van der Waals surface area contributed by atoms with Gasteiger partial charge in [0.2, 0.25) is 0 Å². The number of nitrogens with zero attached hydrogens (tertiary/aromatic N) is 2. The van der Waals surface area contributed by atoms with Gasteiger partial charge in [-0.05, 0) is 60.7 Å². The standard InChI is InChI=1S/C38H26N2O2/c41-37-32-24-14-26-34(40(29-19-9-3-10-20-29)30-21-11-4-12-22-30)36(32)38(42)31-23-13-25-33(35(31)37)39(27-15-5-1-6-16-27)28-17-7-2-8-18-28/h1-26H. The van der Waals surface area contributed by atoms with E-state index in [0.29, 0.717) is 33.6 Å². The van der Waals surface area contributed by atoms with Crippen LogP contribution in [0.5, 0.6) is 0 Å². The maximum absolute atomic E-state index is 14.5. The first-order valence-corrected chi connectivity index (χ1v) is 13.9. The van der Waals surface area contributed by atoms with Crippen LogP contribution in [0.25, 0.3) is 0 Å². The normalized spacial score (nSPS) is 11.9. The Morgan fingerprint density at radius 2 is 0.595 bits per heavy atom. The van der Waals surface area contributed by atoms with Crippen LogP contribution in [0.4, 0.5) is 34.1 Å². The van der Waals surface area contributed by atoms with Crippen LogP contribution in [0.15, 0.2) is 158 Å². The summed E-state index contributed by atoms with van der Waals surface area (Å²) in [7, 11) is 0. The first kappa shape index (κ1) is 25.2. The van der Waals surface area contributed by atoms with Crippen LogP contribution in [0, 0.1) is 0 Å². The third-order valence-electron chi connectivity index (χ3n) is 7.57. The van der Waals surface area contributed by atoms with E-state index in [1.807, 2.05) is 155 Å². The van der Waals surface area contributed by atoms with Crippen LogP contribution in [-0.4, -0.2) is 11.6 Å². The molecule has 0 unspecified atom stereocenters. The minimum absolute atomic E-state index is 0.171. The summed E-state index contributed by atoms with van der Waals surface area (Å²) in [5.41, 5.74) is 6.55. The highest BCUT2D eigenvalue weighted by atomic mass is 16.1. The van der Waals surface area contributed by atoms with Gasteiger partial charge in [0.25, 0.3) is 0 Å². The van der Waals surface area contributed by atoms with E-state index in [2.05, 4.69) is 0 Å². The number of rotatable bonds is 6. The summed E-state index contributed by atoms with van der Waals surface area (Å²) in [6, 6.07) is 50.7. The summed E-state index contributed by atoms with van der Waals surface area (Å²) >= 11 is 0. The Labute approximate surface area is 244 Å². The van der Waals surface area contributed by atoms with Crippen LogP contribution in [0.1, 0.15) is 31.8 Å². The van der Waals surface area contributed by atoms with E-state index in [1.54, 1.807) is 12.1 Å². The zero-order chi connectivity index (χ0) is 28.5. The minimum atomic E-state index is -0.171. The Morgan fingerprint density at radius 1 is 0.310 bits per heavy atom. The van der Waals surface area contributed by atoms with Gasteiger partial charge < -0.3 is 9.80 Å². The second kappa shape index (κ2) is 10.7. The minimum Gasteiger partial charge on any atom is -0.310 e. The monoisotopic (exact) mass is 542 g/mol. The van der Waals surface area contributed by atoms with Gasteiger partial charge in [0.1, 0.15) is 0 Å². The third kappa shape index (κ3) is 4.27. The molecule has 7 rings (SSSR count). The SMILES string of the molecule is O=C1c2cccc(N(c3ccccc3)c3ccccc3)c2C(=O)c2cccc(N(c3ccccc3)c3ccccc3)c21. The van der Waals surface area contributed by atoms with Crippen LogP contribution in [0.2, 0.25) is 0 Å². The number of benzene rings is 6. The number of hydrogen-bond acceptors (Lipinski definition) is 4. The predicted molar refractivity (Wildman–Crippen MR) is 169 cm³/mol. The number of hydrogen-bond donors (Lipinski definition) is 0. The zero-order valence-electron chi connectivity index (χ0n) is 22.7. The number of para-hydroxylation sites is 4. The van der Waals surface area contributed by atoms with Crippen molar-refractivity contribution in [3.8, 4) is 0 Å². The molecule has 0 bridgehead atoms. The topological polar surface area (TPSA) is 40.6 Å². The molecule has 0 saturated heterocycles. The quantitative estimate of drug-likeness (QED) is 0.210. The molecule has 42 heavy (non-hydrogen) atoms. The number of carbonyl (C=O) groups excluding carboxylic acids is 2. The van der Waals surface area contributed by atoms with Gasteiger partial charge in [-0.1, -0.05) is 97.1 Å². The highest BCUT2D eigenvalue weighted by Gasteiger charge is 2.36. The molecule has 4 nitrogen and oxygen atoms in total. The van der Waals surface area contributed by atoms with Gasteiger partial charge in [-0.2, -0.15) is 0 Å². The zero-order valence-corrected chi connectivity index (χ0v) is 22.7. The Balaban J connectivity index is 1.43. The molecule has 0 saturated carbocycles. The predicted octanol–water partition coefficient (Wildman–Crippen LogP) is 9.40. The molecule has 0 heterocycles. The molecule has 0 radical (unpaired) electrons. The number of carbonyl (C=O) groups is 2. The van der Waals surface area contributed by atoms with E-state index in [0.717, 1.165) is 22.7 Å². The van der Waals surface area contributed by atoms with Crippen molar-refractivity contribution in [2.24, 2.45) is 0 Å². The first-order valence-electron chi connectivity index (χ1n) is 13.9. The van der Waals surface area contributed by atoms with Crippen molar-refractivity contribution < 1.29 is 9.59 Å². The summed E-state index contributed by atoms with van der Waals surface area (Å²) in [6.07, 6.45) is 0. The van der Waals surface area contributed by atoms with E-state index in [-0.39, 0.29) is 11.6 Å². The van der Waals surface area contributed by atoms with Crippen molar-refractivity contribution in [3.05, 3.63) is 180 Å². The maximum Gasteiger partial charge on any atom is 0.196 e. The lowest BCUT2D eigenvalue weighted by molar-refractivity contribution is 0.0980. The molecule has 6 aromatic rings. The molecular formula is C38H26N2O2. The van der Waals surface area contributed by atoms with Crippen molar-refractivity contribution in [2.45, 2.75) is 0 Å². The fourth-order valence-electron chi connectivity index (χ4n) is 5.74. The lowest BCUT2D eigenvalue weighted by Gasteiger charge is -2.32. The van der Waals surface area contributed by atoms with Gasteiger partial charge in [-0.3, -0.25) is 9.59 Å². The first-order chi connectivity index (χ1) is 20.7. The van der Waals surface area contributed by atoms with Gasteiger partial charge in [-0.15, -0.1) is 0 Å². The molecule has 1 aliphatic rings. The molecule has 0 aliphatic heterocycles. The van der Waals surface area contributed by atoms with Crippen molar-refractivity contribution in [1.29, 1.82) is 0 Å². The summed E-state index contributed by atoms with van der Waals surface area (Å²) in [4.78, 5) is 33.1. The summed E-state index contributed by atoms with van der Waals surface area (Å²) in [5.74, 6) is -0.343. The average molecular weight is 543 g/mol. The molecule has 0 fully saturated rings. The van der Waals surface area contributed by atoms with Gasteiger partial charge in [-0.25, -0.2) is 0 Å². The fraction of sp³-hybridized carbons (Fsp3) is 0. The van der Waals surface area contributed by atoms with Crippen molar-refractivity contribution in [3.63, 3.8) is 0 Å². The Hall–Kier alpha value is -5.74. The van der Waals surface area contributed by atoms with Gasteiger partial charge in [0.15, 0.2) is 11.6 Å². The summed E-state index contributed by atoms with van der Waals surface area (Å²) < 4.78 is 0. The van der Waals surface area contributed by atoms with Crippen molar-refractivity contribution in [2.75, 3.05) is 9.80 Å². The fourth-order valence-corrected chi connectivity index (χ4v) is 5.74. The molecular weight excluding hydrogens is 516 g/mol.